The summed E-state index contributed by atoms with van der Waals surface area (Å²) in [5.74, 6) is 0.831. The Balaban J connectivity index is 2.55. The Morgan fingerprint density at radius 1 is 1.30 bits per heavy atom. The molecule has 4 heteroatoms. The minimum absolute atomic E-state index is 0.0866. The van der Waals surface area contributed by atoms with Gasteiger partial charge in [-0.2, -0.15) is 5.10 Å². The highest BCUT2D eigenvalue weighted by Crippen LogP contribution is 2.31. The molecule has 2 aromatic rings. The fourth-order valence-electron chi connectivity index (χ4n) is 2.66. The average molecular weight is 273 g/mol. The van der Waals surface area contributed by atoms with Crippen LogP contribution in [0.4, 0.5) is 0 Å². The van der Waals surface area contributed by atoms with Crippen LogP contribution in [-0.4, -0.2) is 23.9 Å². The minimum atomic E-state index is 0.0866. The summed E-state index contributed by atoms with van der Waals surface area (Å²) in [6, 6.07) is 8.61. The Labute approximate surface area is 120 Å². The van der Waals surface area contributed by atoms with E-state index < -0.39 is 0 Å². The summed E-state index contributed by atoms with van der Waals surface area (Å²) in [6.07, 6.45) is 2.80. The lowest BCUT2D eigenvalue weighted by molar-refractivity contribution is 0.401. The smallest absolute Gasteiger partial charge is 0.161 e. The molecular weight excluding hydrogens is 250 g/mol. The standard InChI is InChI=1S/C16H23N3O/c1-5-12-9-7-8-10-13(12)15(17-3)16-14(20-4)11-18-19(16)6-2/h7-11,15,17H,5-6H2,1-4H3. The molecule has 1 N–H and O–H groups in total. The van der Waals surface area contributed by atoms with Crippen LogP contribution in [0.1, 0.15) is 36.7 Å². The zero-order valence-corrected chi connectivity index (χ0v) is 12.7. The third kappa shape index (κ3) is 2.56. The summed E-state index contributed by atoms with van der Waals surface area (Å²) in [5, 5.41) is 7.81. The molecule has 2 rings (SSSR count). The van der Waals surface area contributed by atoms with Gasteiger partial charge < -0.3 is 10.1 Å². The molecule has 0 aliphatic carbocycles. The Hall–Kier alpha value is -1.81. The Morgan fingerprint density at radius 3 is 2.65 bits per heavy atom. The molecule has 1 aromatic heterocycles. The molecule has 0 aliphatic heterocycles. The van der Waals surface area contributed by atoms with Crippen molar-refractivity contribution >= 4 is 0 Å². The van der Waals surface area contributed by atoms with Crippen molar-refractivity contribution in [3.63, 3.8) is 0 Å². The van der Waals surface area contributed by atoms with E-state index in [1.54, 1.807) is 13.3 Å². The van der Waals surface area contributed by atoms with E-state index >= 15 is 0 Å². The fraction of sp³-hybridized carbons (Fsp3) is 0.438. The molecule has 108 valence electrons. The number of hydrogen-bond acceptors (Lipinski definition) is 3. The van der Waals surface area contributed by atoms with Crippen molar-refractivity contribution in [2.75, 3.05) is 14.2 Å². The van der Waals surface area contributed by atoms with Crippen LogP contribution in [0.2, 0.25) is 0 Å². The van der Waals surface area contributed by atoms with Gasteiger partial charge in [-0.3, -0.25) is 4.68 Å². The fourth-order valence-corrected chi connectivity index (χ4v) is 2.66. The zero-order chi connectivity index (χ0) is 14.5. The van der Waals surface area contributed by atoms with E-state index in [1.807, 2.05) is 11.7 Å². The quantitative estimate of drug-likeness (QED) is 0.879. The van der Waals surface area contributed by atoms with Crippen molar-refractivity contribution in [3.8, 4) is 5.75 Å². The summed E-state index contributed by atoms with van der Waals surface area (Å²) < 4.78 is 7.47. The summed E-state index contributed by atoms with van der Waals surface area (Å²) in [7, 11) is 3.67. The van der Waals surface area contributed by atoms with Crippen LogP contribution in [0, 0.1) is 0 Å². The second kappa shape index (κ2) is 6.57. The molecule has 0 amide bonds. The average Bonchev–Trinajstić information content (AvgIpc) is 2.91. The van der Waals surface area contributed by atoms with E-state index in [4.69, 9.17) is 4.74 Å². The van der Waals surface area contributed by atoms with Gasteiger partial charge in [-0.1, -0.05) is 31.2 Å². The monoisotopic (exact) mass is 273 g/mol. The highest BCUT2D eigenvalue weighted by Gasteiger charge is 2.23. The van der Waals surface area contributed by atoms with Crippen molar-refractivity contribution in [2.24, 2.45) is 0 Å². The van der Waals surface area contributed by atoms with E-state index in [2.05, 4.69) is 48.5 Å². The number of rotatable bonds is 6. The first-order valence-corrected chi connectivity index (χ1v) is 7.11. The molecular formula is C16H23N3O. The SMILES string of the molecule is CCc1ccccc1C(NC)c1c(OC)cnn1CC. The van der Waals surface area contributed by atoms with Gasteiger partial charge in [0.1, 0.15) is 5.69 Å². The maximum absolute atomic E-state index is 5.48. The van der Waals surface area contributed by atoms with Crippen LogP contribution in [0.25, 0.3) is 0 Å². The number of hydrogen-bond donors (Lipinski definition) is 1. The summed E-state index contributed by atoms with van der Waals surface area (Å²) >= 11 is 0. The molecule has 0 bridgehead atoms. The van der Waals surface area contributed by atoms with Crippen molar-refractivity contribution in [3.05, 3.63) is 47.3 Å². The van der Waals surface area contributed by atoms with Crippen molar-refractivity contribution < 1.29 is 4.74 Å². The molecule has 0 aliphatic rings. The van der Waals surface area contributed by atoms with Gasteiger partial charge in [-0.05, 0) is 31.5 Å². The van der Waals surface area contributed by atoms with Gasteiger partial charge in [0.05, 0.1) is 19.3 Å². The number of benzene rings is 1. The highest BCUT2D eigenvalue weighted by molar-refractivity contribution is 5.40. The van der Waals surface area contributed by atoms with Gasteiger partial charge in [0.15, 0.2) is 5.75 Å². The molecule has 0 radical (unpaired) electrons. The first-order chi connectivity index (χ1) is 9.76. The third-order valence-electron chi connectivity index (χ3n) is 3.67. The molecule has 0 saturated carbocycles. The van der Waals surface area contributed by atoms with E-state index in [0.717, 1.165) is 24.4 Å². The van der Waals surface area contributed by atoms with Crippen molar-refractivity contribution in [1.82, 2.24) is 15.1 Å². The second-order valence-corrected chi connectivity index (χ2v) is 4.69. The lowest BCUT2D eigenvalue weighted by Gasteiger charge is -2.21. The highest BCUT2D eigenvalue weighted by atomic mass is 16.5. The van der Waals surface area contributed by atoms with Crippen LogP contribution in [-0.2, 0) is 13.0 Å². The molecule has 0 fully saturated rings. The van der Waals surface area contributed by atoms with E-state index in [1.165, 1.54) is 11.1 Å². The number of nitrogens with zero attached hydrogens (tertiary/aromatic N) is 2. The van der Waals surface area contributed by atoms with Gasteiger partial charge in [0, 0.05) is 6.54 Å². The van der Waals surface area contributed by atoms with Gasteiger partial charge in [0.25, 0.3) is 0 Å². The molecule has 1 aromatic carbocycles. The van der Waals surface area contributed by atoms with E-state index in [-0.39, 0.29) is 6.04 Å². The molecule has 1 unspecified atom stereocenters. The maximum Gasteiger partial charge on any atom is 0.161 e. The topological polar surface area (TPSA) is 39.1 Å². The van der Waals surface area contributed by atoms with Gasteiger partial charge in [-0.15, -0.1) is 0 Å². The van der Waals surface area contributed by atoms with Crippen LogP contribution >= 0.6 is 0 Å². The van der Waals surface area contributed by atoms with Crippen molar-refractivity contribution in [2.45, 2.75) is 32.9 Å². The number of ether oxygens (including phenoxy) is 1. The third-order valence-corrected chi connectivity index (χ3v) is 3.67. The van der Waals surface area contributed by atoms with E-state index in [0.29, 0.717) is 0 Å². The van der Waals surface area contributed by atoms with Crippen LogP contribution in [0.5, 0.6) is 5.75 Å². The summed E-state index contributed by atoms with van der Waals surface area (Å²) in [6.45, 7) is 5.10. The van der Waals surface area contributed by atoms with Crippen molar-refractivity contribution in [1.29, 1.82) is 0 Å². The first-order valence-electron chi connectivity index (χ1n) is 7.11. The lowest BCUT2D eigenvalue weighted by Crippen LogP contribution is -2.23. The number of aromatic nitrogens is 2. The Bertz CT molecular complexity index is 541. The lowest BCUT2D eigenvalue weighted by atomic mass is 9.96. The zero-order valence-electron chi connectivity index (χ0n) is 12.7. The molecule has 0 spiro atoms. The number of methoxy groups -OCH3 is 1. The Morgan fingerprint density at radius 2 is 2.05 bits per heavy atom. The predicted molar refractivity (Wildman–Crippen MR) is 81.2 cm³/mol. The second-order valence-electron chi connectivity index (χ2n) is 4.69. The Kier molecular flexibility index (Phi) is 4.79. The number of nitrogens with one attached hydrogen (secondary N) is 1. The minimum Gasteiger partial charge on any atom is -0.493 e. The largest absolute Gasteiger partial charge is 0.493 e. The van der Waals surface area contributed by atoms with E-state index in [9.17, 15) is 0 Å². The van der Waals surface area contributed by atoms with Gasteiger partial charge >= 0.3 is 0 Å². The van der Waals surface area contributed by atoms with Gasteiger partial charge in [0.2, 0.25) is 0 Å². The van der Waals surface area contributed by atoms with Crippen LogP contribution in [0.15, 0.2) is 30.5 Å². The normalized spacial score (nSPS) is 12.4. The van der Waals surface area contributed by atoms with Crippen LogP contribution < -0.4 is 10.1 Å². The maximum atomic E-state index is 5.48. The summed E-state index contributed by atoms with van der Waals surface area (Å²) in [5.41, 5.74) is 3.71. The molecule has 4 nitrogen and oxygen atoms in total. The molecule has 1 atom stereocenters. The summed E-state index contributed by atoms with van der Waals surface area (Å²) in [4.78, 5) is 0. The van der Waals surface area contributed by atoms with Crippen LogP contribution in [0.3, 0.4) is 0 Å². The number of aryl methyl sites for hydroxylation is 2. The molecule has 1 heterocycles. The first kappa shape index (κ1) is 14.6. The van der Waals surface area contributed by atoms with Gasteiger partial charge in [-0.25, -0.2) is 0 Å². The molecule has 0 saturated heterocycles. The molecule has 20 heavy (non-hydrogen) atoms. The predicted octanol–water partition coefficient (Wildman–Crippen LogP) is 2.78.